The lowest BCUT2D eigenvalue weighted by Crippen LogP contribution is -2.32. The molecule has 2 N–H and O–H groups in total. The van der Waals surface area contributed by atoms with E-state index in [2.05, 4.69) is 45.0 Å². The van der Waals surface area contributed by atoms with Gasteiger partial charge in [0.1, 0.15) is 0 Å². The standard InChI is InChI=1S/C26H29N5OS/c1-17-16-21(18(2)31(17)20-11-12-20)25-24(22-10-6-7-14-27-22)29-26(33)30(25)15-13-23(32)28-19-8-4-3-5-9-19/h3-10,14,16,20,24-25H,11-13,15H2,1-2H3,(H,28,32)(H,29,33)/t24-,25+/m0/s1. The zero-order chi connectivity index (χ0) is 22.9. The van der Waals surface area contributed by atoms with Crippen molar-refractivity contribution < 1.29 is 4.79 Å². The summed E-state index contributed by atoms with van der Waals surface area (Å²) in [6, 6.07) is 18.3. The minimum absolute atomic E-state index is 0.0179. The van der Waals surface area contributed by atoms with Crippen molar-refractivity contribution >= 4 is 28.9 Å². The second-order valence-electron chi connectivity index (χ2n) is 8.91. The molecular weight excluding hydrogens is 430 g/mol. The van der Waals surface area contributed by atoms with Gasteiger partial charge in [0.2, 0.25) is 5.91 Å². The fourth-order valence-corrected chi connectivity index (χ4v) is 5.28. The molecule has 33 heavy (non-hydrogen) atoms. The number of thiocarbonyl (C=S) groups is 1. The van der Waals surface area contributed by atoms with E-state index in [4.69, 9.17) is 12.2 Å². The first-order valence-electron chi connectivity index (χ1n) is 11.5. The van der Waals surface area contributed by atoms with Crippen LogP contribution in [0, 0.1) is 13.8 Å². The Hall–Kier alpha value is -3.19. The summed E-state index contributed by atoms with van der Waals surface area (Å²) in [5.74, 6) is -0.0208. The highest BCUT2D eigenvalue weighted by molar-refractivity contribution is 7.80. The maximum atomic E-state index is 12.7. The molecule has 2 fully saturated rings. The van der Waals surface area contributed by atoms with Crippen molar-refractivity contribution in [2.45, 2.75) is 51.2 Å². The highest BCUT2D eigenvalue weighted by atomic mass is 32.1. The lowest BCUT2D eigenvalue weighted by atomic mass is 9.96. The monoisotopic (exact) mass is 459 g/mol. The molecule has 0 spiro atoms. The van der Waals surface area contributed by atoms with Crippen LogP contribution in [0.15, 0.2) is 60.8 Å². The molecule has 1 saturated carbocycles. The van der Waals surface area contributed by atoms with Crippen LogP contribution in [0.25, 0.3) is 0 Å². The number of aryl methyl sites for hydroxylation is 1. The summed E-state index contributed by atoms with van der Waals surface area (Å²) in [7, 11) is 0. The van der Waals surface area contributed by atoms with E-state index in [9.17, 15) is 4.79 Å². The molecule has 170 valence electrons. The number of nitrogens with one attached hydrogen (secondary N) is 2. The fourth-order valence-electron chi connectivity index (χ4n) is 4.95. The summed E-state index contributed by atoms with van der Waals surface area (Å²) in [5.41, 5.74) is 5.58. The van der Waals surface area contributed by atoms with Gasteiger partial charge in [0.15, 0.2) is 5.11 Å². The summed E-state index contributed by atoms with van der Waals surface area (Å²) in [6.07, 6.45) is 4.65. The van der Waals surface area contributed by atoms with E-state index in [0.717, 1.165) is 11.4 Å². The van der Waals surface area contributed by atoms with Crippen LogP contribution in [-0.4, -0.2) is 32.0 Å². The van der Waals surface area contributed by atoms with Gasteiger partial charge in [-0.1, -0.05) is 24.3 Å². The molecule has 1 aliphatic heterocycles. The maximum Gasteiger partial charge on any atom is 0.226 e. The van der Waals surface area contributed by atoms with Crippen molar-refractivity contribution in [2.75, 3.05) is 11.9 Å². The average Bonchev–Trinajstić information content (AvgIpc) is 3.53. The van der Waals surface area contributed by atoms with Gasteiger partial charge in [0, 0.05) is 42.3 Å². The van der Waals surface area contributed by atoms with Crippen LogP contribution in [0.4, 0.5) is 5.69 Å². The Labute approximate surface area is 200 Å². The molecule has 1 aromatic carbocycles. The van der Waals surface area contributed by atoms with Gasteiger partial charge in [-0.15, -0.1) is 0 Å². The van der Waals surface area contributed by atoms with Crippen LogP contribution in [0.2, 0.25) is 0 Å². The van der Waals surface area contributed by atoms with E-state index in [1.54, 1.807) is 0 Å². The Bertz CT molecular complexity index is 1160. The first-order valence-corrected chi connectivity index (χ1v) is 11.9. The molecule has 2 aromatic heterocycles. The zero-order valence-corrected chi connectivity index (χ0v) is 19.8. The summed E-state index contributed by atoms with van der Waals surface area (Å²) in [4.78, 5) is 19.5. The number of aromatic nitrogens is 2. The van der Waals surface area contributed by atoms with Crippen molar-refractivity contribution in [3.05, 3.63) is 83.4 Å². The number of carbonyl (C=O) groups excluding carboxylic acids is 1. The summed E-state index contributed by atoms with van der Waals surface area (Å²) < 4.78 is 2.46. The van der Waals surface area contributed by atoms with Crippen LogP contribution in [0.3, 0.4) is 0 Å². The summed E-state index contributed by atoms with van der Waals surface area (Å²) in [5, 5.41) is 7.14. The SMILES string of the molecule is Cc1cc([C@@H]2[C@H](c3ccccn3)NC(=S)N2CCC(=O)Nc2ccccc2)c(C)n1C1CC1. The Morgan fingerprint density at radius 1 is 1.15 bits per heavy atom. The van der Waals surface area contributed by atoms with Crippen LogP contribution in [0.5, 0.6) is 0 Å². The number of anilines is 1. The number of para-hydroxylation sites is 1. The molecular formula is C26H29N5OS. The van der Waals surface area contributed by atoms with Gasteiger partial charge in [-0.3, -0.25) is 9.78 Å². The quantitative estimate of drug-likeness (QED) is 0.495. The Morgan fingerprint density at radius 2 is 1.91 bits per heavy atom. The van der Waals surface area contributed by atoms with Crippen LogP contribution in [0.1, 0.15) is 60.0 Å². The van der Waals surface area contributed by atoms with Gasteiger partial charge in [-0.05, 0) is 74.8 Å². The molecule has 7 heteroatoms. The van der Waals surface area contributed by atoms with Gasteiger partial charge >= 0.3 is 0 Å². The molecule has 0 radical (unpaired) electrons. The van der Waals surface area contributed by atoms with Crippen molar-refractivity contribution in [1.82, 2.24) is 19.8 Å². The Balaban J connectivity index is 1.42. The number of hydrogen-bond donors (Lipinski definition) is 2. The van der Waals surface area contributed by atoms with Crippen molar-refractivity contribution in [3.8, 4) is 0 Å². The molecule has 3 heterocycles. The number of amides is 1. The molecule has 1 aliphatic carbocycles. The molecule has 2 atom stereocenters. The number of pyridine rings is 1. The van der Waals surface area contributed by atoms with E-state index in [1.165, 1.54) is 29.8 Å². The van der Waals surface area contributed by atoms with E-state index < -0.39 is 0 Å². The van der Waals surface area contributed by atoms with Crippen LogP contribution in [-0.2, 0) is 4.79 Å². The van der Waals surface area contributed by atoms with E-state index in [0.29, 0.717) is 24.1 Å². The van der Waals surface area contributed by atoms with E-state index >= 15 is 0 Å². The van der Waals surface area contributed by atoms with Gasteiger partial charge in [-0.2, -0.15) is 0 Å². The molecule has 0 unspecified atom stereocenters. The predicted octanol–water partition coefficient (Wildman–Crippen LogP) is 4.84. The van der Waals surface area contributed by atoms with E-state index in [1.807, 2.05) is 54.7 Å². The molecule has 1 saturated heterocycles. The van der Waals surface area contributed by atoms with Crippen molar-refractivity contribution in [1.29, 1.82) is 0 Å². The largest absolute Gasteiger partial charge is 0.352 e. The molecule has 0 bridgehead atoms. The van der Waals surface area contributed by atoms with Gasteiger partial charge in [0.05, 0.1) is 17.8 Å². The predicted molar refractivity (Wildman–Crippen MR) is 134 cm³/mol. The topological polar surface area (TPSA) is 62.2 Å². The van der Waals surface area contributed by atoms with Crippen molar-refractivity contribution in [3.63, 3.8) is 0 Å². The first-order chi connectivity index (χ1) is 16.0. The molecule has 6 nitrogen and oxygen atoms in total. The summed E-state index contributed by atoms with van der Waals surface area (Å²) in [6.45, 7) is 4.92. The van der Waals surface area contributed by atoms with Gasteiger partial charge < -0.3 is 20.1 Å². The normalized spacial score (nSPS) is 20.1. The first kappa shape index (κ1) is 21.6. The zero-order valence-electron chi connectivity index (χ0n) is 19.0. The molecule has 2 aliphatic rings. The number of benzene rings is 1. The fraction of sp³-hybridized carbons (Fsp3) is 0.346. The smallest absolute Gasteiger partial charge is 0.226 e. The number of hydrogen-bond acceptors (Lipinski definition) is 3. The van der Waals surface area contributed by atoms with Crippen LogP contribution >= 0.6 is 12.2 Å². The van der Waals surface area contributed by atoms with Crippen molar-refractivity contribution in [2.24, 2.45) is 0 Å². The lowest BCUT2D eigenvalue weighted by molar-refractivity contribution is -0.116. The minimum atomic E-state index is -0.0657. The summed E-state index contributed by atoms with van der Waals surface area (Å²) >= 11 is 5.77. The highest BCUT2D eigenvalue weighted by Crippen LogP contribution is 2.44. The Kier molecular flexibility index (Phi) is 5.89. The molecule has 3 aromatic rings. The third-order valence-corrected chi connectivity index (χ3v) is 6.94. The lowest BCUT2D eigenvalue weighted by Gasteiger charge is -2.28. The average molecular weight is 460 g/mol. The molecule has 1 amide bonds. The number of rotatable bonds is 7. The molecule has 5 rings (SSSR count). The van der Waals surface area contributed by atoms with Gasteiger partial charge in [-0.25, -0.2) is 0 Å². The van der Waals surface area contributed by atoms with Gasteiger partial charge in [0.25, 0.3) is 0 Å². The minimum Gasteiger partial charge on any atom is -0.352 e. The Morgan fingerprint density at radius 3 is 2.61 bits per heavy atom. The third-order valence-electron chi connectivity index (χ3n) is 6.59. The second-order valence-corrected chi connectivity index (χ2v) is 9.30. The van der Waals surface area contributed by atoms with E-state index in [-0.39, 0.29) is 18.0 Å². The maximum absolute atomic E-state index is 12.7. The number of nitrogens with zero attached hydrogens (tertiary/aromatic N) is 3. The van der Waals surface area contributed by atoms with Crippen LogP contribution < -0.4 is 10.6 Å². The second kappa shape index (κ2) is 8.98. The highest BCUT2D eigenvalue weighted by Gasteiger charge is 2.42. The number of carbonyl (C=O) groups is 1. The third kappa shape index (κ3) is 4.37.